The van der Waals surface area contributed by atoms with Gasteiger partial charge in [-0.05, 0) is 25.1 Å². The van der Waals surface area contributed by atoms with Crippen molar-refractivity contribution in [3.63, 3.8) is 0 Å². The fraction of sp³-hybridized carbons (Fsp3) is 0.368. The molecule has 1 fully saturated rings. The first-order chi connectivity index (χ1) is 14.5. The van der Waals surface area contributed by atoms with Gasteiger partial charge in [0.25, 0.3) is 6.43 Å². The number of anilines is 1. The van der Waals surface area contributed by atoms with Gasteiger partial charge in [0.05, 0.1) is 49.3 Å². The van der Waals surface area contributed by atoms with Gasteiger partial charge in [0.1, 0.15) is 11.3 Å². The van der Waals surface area contributed by atoms with Crippen molar-refractivity contribution in [3.05, 3.63) is 36.4 Å². The Hall–Kier alpha value is -3.18. The van der Waals surface area contributed by atoms with Crippen LogP contribution in [-0.2, 0) is 11.3 Å². The molecule has 5 rings (SSSR count). The largest absolute Gasteiger partial charge is 0.388 e. The van der Waals surface area contributed by atoms with Gasteiger partial charge in [0.15, 0.2) is 5.65 Å². The van der Waals surface area contributed by atoms with Crippen LogP contribution in [0, 0.1) is 6.92 Å². The van der Waals surface area contributed by atoms with Crippen LogP contribution in [0.1, 0.15) is 5.82 Å². The molecule has 0 bridgehead atoms. The van der Waals surface area contributed by atoms with E-state index < -0.39 is 19.1 Å². The van der Waals surface area contributed by atoms with E-state index in [0.717, 1.165) is 5.56 Å². The number of halogens is 2. The zero-order valence-electron chi connectivity index (χ0n) is 16.0. The highest BCUT2D eigenvalue weighted by atomic mass is 19.3. The van der Waals surface area contributed by atoms with E-state index in [4.69, 9.17) is 4.74 Å². The molecular formula is C19H19F2N7O2. The summed E-state index contributed by atoms with van der Waals surface area (Å²) in [6.07, 6.45) is 0.319. The van der Waals surface area contributed by atoms with Gasteiger partial charge in [0, 0.05) is 11.8 Å². The summed E-state index contributed by atoms with van der Waals surface area (Å²) in [5.74, 6) is 0.863. The lowest BCUT2D eigenvalue weighted by atomic mass is 10.2. The van der Waals surface area contributed by atoms with E-state index in [-0.39, 0.29) is 12.6 Å². The number of aryl methyl sites for hydroxylation is 1. The van der Waals surface area contributed by atoms with E-state index >= 15 is 0 Å². The second kappa shape index (κ2) is 7.26. The Morgan fingerprint density at radius 3 is 2.90 bits per heavy atom. The summed E-state index contributed by atoms with van der Waals surface area (Å²) in [6, 6.07) is 5.15. The third kappa shape index (κ3) is 3.25. The molecule has 0 spiro atoms. The minimum atomic E-state index is -2.50. The Balaban J connectivity index is 1.50. The normalized spacial score (nSPS) is 19.4. The van der Waals surface area contributed by atoms with Gasteiger partial charge in [0.2, 0.25) is 5.95 Å². The number of alkyl halides is 2. The predicted molar refractivity (Wildman–Crippen MR) is 104 cm³/mol. The minimum absolute atomic E-state index is 0.264. The first-order valence-corrected chi connectivity index (χ1v) is 9.49. The number of hydrogen-bond donors (Lipinski definition) is 2. The average molecular weight is 415 g/mol. The van der Waals surface area contributed by atoms with E-state index in [2.05, 4.69) is 25.4 Å². The van der Waals surface area contributed by atoms with Gasteiger partial charge in [-0.2, -0.15) is 0 Å². The van der Waals surface area contributed by atoms with E-state index in [1.165, 1.54) is 4.57 Å². The molecule has 1 saturated heterocycles. The van der Waals surface area contributed by atoms with Crippen molar-refractivity contribution in [2.45, 2.75) is 32.0 Å². The molecule has 9 nitrogen and oxygen atoms in total. The lowest BCUT2D eigenvalue weighted by molar-refractivity contribution is 0.125. The fourth-order valence-corrected chi connectivity index (χ4v) is 3.65. The lowest BCUT2D eigenvalue weighted by Gasteiger charge is -2.14. The van der Waals surface area contributed by atoms with Crippen LogP contribution >= 0.6 is 0 Å². The topological polar surface area (TPSA) is 102 Å². The van der Waals surface area contributed by atoms with Gasteiger partial charge in [-0.1, -0.05) is 0 Å². The molecule has 1 aliphatic heterocycles. The van der Waals surface area contributed by atoms with E-state index in [9.17, 15) is 13.9 Å². The number of pyridine rings is 1. The Morgan fingerprint density at radius 1 is 1.27 bits per heavy atom. The summed E-state index contributed by atoms with van der Waals surface area (Å²) in [5, 5.41) is 17.4. The van der Waals surface area contributed by atoms with Crippen molar-refractivity contribution in [1.82, 2.24) is 29.1 Å². The second-order valence-electron chi connectivity index (χ2n) is 7.20. The Kier molecular flexibility index (Phi) is 4.55. The molecule has 0 aromatic carbocycles. The van der Waals surface area contributed by atoms with Crippen molar-refractivity contribution >= 4 is 22.6 Å². The summed E-state index contributed by atoms with van der Waals surface area (Å²) < 4.78 is 34.2. The van der Waals surface area contributed by atoms with Crippen LogP contribution in [0.3, 0.4) is 0 Å². The maximum Gasteiger partial charge on any atom is 0.256 e. The second-order valence-corrected chi connectivity index (χ2v) is 7.20. The number of hydrogen-bond acceptors (Lipinski definition) is 7. The number of fused-ring (bicyclic) bond motifs is 2. The van der Waals surface area contributed by atoms with E-state index in [1.54, 1.807) is 36.0 Å². The number of aliphatic hydroxyl groups is 1. The fourth-order valence-electron chi connectivity index (χ4n) is 3.65. The monoisotopic (exact) mass is 415 g/mol. The van der Waals surface area contributed by atoms with Crippen LogP contribution in [0.2, 0.25) is 0 Å². The van der Waals surface area contributed by atoms with Gasteiger partial charge in [-0.3, -0.25) is 0 Å². The molecular weight excluding hydrogens is 396 g/mol. The molecule has 30 heavy (non-hydrogen) atoms. The van der Waals surface area contributed by atoms with Gasteiger partial charge < -0.3 is 19.7 Å². The molecule has 0 amide bonds. The maximum absolute atomic E-state index is 13.0. The molecule has 4 aromatic rings. The lowest BCUT2D eigenvalue weighted by Crippen LogP contribution is -2.32. The minimum Gasteiger partial charge on any atom is -0.388 e. The zero-order valence-corrected chi connectivity index (χ0v) is 16.0. The number of rotatable bonds is 5. The summed E-state index contributed by atoms with van der Waals surface area (Å²) in [5.41, 5.74) is 3.09. The maximum atomic E-state index is 13.0. The molecule has 0 unspecified atom stereocenters. The van der Waals surface area contributed by atoms with Crippen LogP contribution in [0.25, 0.3) is 27.9 Å². The van der Waals surface area contributed by atoms with Crippen LogP contribution in [0.4, 0.5) is 14.7 Å². The highest BCUT2D eigenvalue weighted by Gasteiger charge is 2.26. The van der Waals surface area contributed by atoms with Gasteiger partial charge in [-0.25, -0.2) is 28.2 Å². The van der Waals surface area contributed by atoms with Crippen molar-refractivity contribution < 1.29 is 18.6 Å². The number of aromatic nitrogens is 6. The molecule has 1 aliphatic rings. The molecule has 2 N–H and O–H groups in total. The van der Waals surface area contributed by atoms with Crippen LogP contribution in [0.15, 0.2) is 30.6 Å². The van der Waals surface area contributed by atoms with Gasteiger partial charge >= 0.3 is 0 Å². The Labute approximate surface area is 169 Å². The van der Waals surface area contributed by atoms with Crippen LogP contribution in [-0.4, -0.2) is 66.0 Å². The number of aliphatic hydroxyl groups excluding tert-OH is 1. The summed E-state index contributed by atoms with van der Waals surface area (Å²) in [4.78, 5) is 13.2. The molecule has 2 atom stereocenters. The molecule has 156 valence electrons. The number of imidazole rings is 1. The smallest absolute Gasteiger partial charge is 0.256 e. The molecule has 0 saturated carbocycles. The summed E-state index contributed by atoms with van der Waals surface area (Å²) >= 11 is 0. The molecule has 0 aliphatic carbocycles. The number of nitrogens with one attached hydrogen (secondary N) is 1. The molecule has 11 heteroatoms. The molecule has 4 aromatic heterocycles. The zero-order chi connectivity index (χ0) is 20.8. The third-order valence-corrected chi connectivity index (χ3v) is 5.16. The molecule has 0 radical (unpaired) electrons. The molecule has 5 heterocycles. The van der Waals surface area contributed by atoms with Crippen molar-refractivity contribution in [2.24, 2.45) is 0 Å². The number of nitrogens with zero attached hydrogens (tertiary/aromatic N) is 6. The Morgan fingerprint density at radius 2 is 2.13 bits per heavy atom. The first kappa shape index (κ1) is 18.8. The first-order valence-electron chi connectivity index (χ1n) is 9.49. The highest BCUT2D eigenvalue weighted by molar-refractivity contribution is 5.82. The Bertz CT molecular complexity index is 1220. The summed E-state index contributed by atoms with van der Waals surface area (Å²) in [7, 11) is 0. The van der Waals surface area contributed by atoms with Crippen molar-refractivity contribution in [1.29, 1.82) is 0 Å². The third-order valence-electron chi connectivity index (χ3n) is 5.16. The SMILES string of the molecule is Cc1nc2ccc(-c3ccn4nc(N[C@H]5COC[C@@H]5O)ncc34)nc2n1CC(F)F. The van der Waals surface area contributed by atoms with Crippen molar-refractivity contribution in [2.75, 3.05) is 18.5 Å². The van der Waals surface area contributed by atoms with E-state index in [0.29, 0.717) is 40.8 Å². The standard InChI is InChI=1S/C19H19F2N7O2/c1-10-23-13-3-2-12(24-18(13)27(10)7-17(20)21)11-4-5-28-15(11)6-22-19(26-28)25-14-8-30-9-16(14)29/h2-6,14,16-17,29H,7-9H2,1H3,(H,25,26)/t14-,16-/m0/s1. The summed E-state index contributed by atoms with van der Waals surface area (Å²) in [6.45, 7) is 1.90. The predicted octanol–water partition coefficient (Wildman–Crippen LogP) is 1.89. The number of ether oxygens (including phenoxy) is 1. The van der Waals surface area contributed by atoms with Gasteiger partial charge in [-0.15, -0.1) is 5.10 Å². The highest BCUT2D eigenvalue weighted by Crippen LogP contribution is 2.26. The van der Waals surface area contributed by atoms with Crippen LogP contribution in [0.5, 0.6) is 0 Å². The van der Waals surface area contributed by atoms with E-state index in [1.807, 2.05) is 6.07 Å². The van der Waals surface area contributed by atoms with Crippen molar-refractivity contribution in [3.8, 4) is 11.3 Å². The van der Waals surface area contributed by atoms with Crippen LogP contribution < -0.4 is 5.32 Å². The quantitative estimate of drug-likeness (QED) is 0.513. The average Bonchev–Trinajstić information content (AvgIpc) is 3.39.